The number of aromatic nitrogens is 2. The first-order valence-electron chi connectivity index (χ1n) is 8.67. The summed E-state index contributed by atoms with van der Waals surface area (Å²) in [5, 5.41) is 4.51. The Hall–Kier alpha value is -1.64. The molecular weight excluding hydrogens is 406 g/mol. The topological polar surface area (TPSA) is 68.5 Å². The van der Waals surface area contributed by atoms with Crippen LogP contribution in [-0.4, -0.2) is 44.2 Å². The second kappa shape index (κ2) is 9.52. The van der Waals surface area contributed by atoms with Gasteiger partial charge in [-0.15, -0.1) is 0 Å². The molecule has 0 spiro atoms. The van der Waals surface area contributed by atoms with Crippen LogP contribution >= 0.6 is 35.6 Å². The number of halogens is 1. The van der Waals surface area contributed by atoms with Gasteiger partial charge in [-0.1, -0.05) is 47.7 Å². The van der Waals surface area contributed by atoms with Crippen molar-refractivity contribution in [3.05, 3.63) is 35.2 Å². The Bertz CT molecular complexity index is 789. The molecule has 0 unspecified atom stereocenters. The van der Waals surface area contributed by atoms with Gasteiger partial charge in [0.2, 0.25) is 5.82 Å². The van der Waals surface area contributed by atoms with Crippen LogP contribution in [0.25, 0.3) is 11.4 Å². The Kier molecular flexibility index (Phi) is 7.09. The third-order valence-corrected chi connectivity index (χ3v) is 6.03. The lowest BCUT2D eigenvalue weighted by Crippen LogP contribution is -2.35. The lowest BCUT2D eigenvalue weighted by atomic mass is 10.00. The van der Waals surface area contributed by atoms with Crippen LogP contribution in [0.4, 0.5) is 0 Å². The highest BCUT2D eigenvalue weighted by molar-refractivity contribution is 8.23. The minimum absolute atomic E-state index is 0.0615. The number of hydrogen-bond acceptors (Lipinski definition) is 7. The van der Waals surface area contributed by atoms with Crippen LogP contribution in [0.5, 0.6) is 0 Å². The van der Waals surface area contributed by atoms with Crippen molar-refractivity contribution in [3.8, 4) is 11.4 Å². The van der Waals surface area contributed by atoms with Crippen LogP contribution in [0.3, 0.4) is 0 Å². The number of piperidine rings is 1. The summed E-state index contributed by atoms with van der Waals surface area (Å²) in [6, 6.07) is 7.08. The first-order valence-corrected chi connectivity index (χ1v) is 10.4. The summed E-state index contributed by atoms with van der Waals surface area (Å²) in [6.07, 6.45) is 2.27. The molecule has 1 aliphatic rings. The minimum Gasteiger partial charge on any atom is -0.455 e. The maximum absolute atomic E-state index is 11.9. The maximum Gasteiger partial charge on any atom is 0.316 e. The van der Waals surface area contributed by atoms with E-state index in [1.807, 2.05) is 0 Å². The van der Waals surface area contributed by atoms with E-state index in [2.05, 4.69) is 22.0 Å². The summed E-state index contributed by atoms with van der Waals surface area (Å²) < 4.78 is 11.1. The molecule has 6 nitrogen and oxygen atoms in total. The fourth-order valence-electron chi connectivity index (χ4n) is 2.62. The van der Waals surface area contributed by atoms with E-state index in [9.17, 15) is 4.79 Å². The van der Waals surface area contributed by atoms with Crippen molar-refractivity contribution < 1.29 is 14.1 Å². The summed E-state index contributed by atoms with van der Waals surface area (Å²) in [7, 11) is 0. The molecule has 3 rings (SSSR count). The van der Waals surface area contributed by atoms with Crippen LogP contribution in [0, 0.1) is 5.92 Å². The van der Waals surface area contributed by atoms with E-state index < -0.39 is 0 Å². The highest BCUT2D eigenvalue weighted by Gasteiger charge is 2.19. The maximum atomic E-state index is 11.9. The number of carbonyl (C=O) groups is 1. The van der Waals surface area contributed by atoms with Crippen molar-refractivity contribution in [3.63, 3.8) is 0 Å². The van der Waals surface area contributed by atoms with Gasteiger partial charge in [-0.2, -0.15) is 4.98 Å². The summed E-state index contributed by atoms with van der Waals surface area (Å²) in [6.45, 7) is 4.10. The Labute approximate surface area is 172 Å². The third kappa shape index (κ3) is 5.92. The predicted octanol–water partition coefficient (Wildman–Crippen LogP) is 4.18. The van der Waals surface area contributed by atoms with E-state index in [4.69, 9.17) is 33.1 Å². The molecule has 2 aromatic rings. The average molecular weight is 426 g/mol. The van der Waals surface area contributed by atoms with Gasteiger partial charge in [0.05, 0.1) is 5.75 Å². The van der Waals surface area contributed by atoms with E-state index in [1.165, 1.54) is 11.8 Å². The quantitative estimate of drug-likeness (QED) is 0.522. The van der Waals surface area contributed by atoms with Crippen molar-refractivity contribution in [2.75, 3.05) is 18.8 Å². The van der Waals surface area contributed by atoms with Gasteiger partial charge in [-0.25, -0.2) is 0 Å². The molecule has 0 N–H and O–H groups in total. The zero-order valence-electron chi connectivity index (χ0n) is 14.9. The van der Waals surface area contributed by atoms with Gasteiger partial charge in [0.1, 0.15) is 4.32 Å². The molecule has 9 heteroatoms. The molecule has 1 aliphatic heterocycles. The number of nitrogens with zero attached hydrogens (tertiary/aromatic N) is 3. The molecule has 1 saturated heterocycles. The lowest BCUT2D eigenvalue weighted by Gasteiger charge is -2.31. The average Bonchev–Trinajstić information content (AvgIpc) is 3.14. The smallest absolute Gasteiger partial charge is 0.316 e. The van der Waals surface area contributed by atoms with Gasteiger partial charge in [-0.3, -0.25) is 4.79 Å². The number of thiocarbonyl (C=S) groups is 1. The highest BCUT2D eigenvalue weighted by atomic mass is 35.5. The van der Waals surface area contributed by atoms with E-state index in [0.29, 0.717) is 10.8 Å². The number of likely N-dealkylation sites (tertiary alicyclic amines) is 1. The molecule has 27 heavy (non-hydrogen) atoms. The second-order valence-corrected chi connectivity index (χ2v) is 8.45. The van der Waals surface area contributed by atoms with Gasteiger partial charge < -0.3 is 14.2 Å². The van der Waals surface area contributed by atoms with E-state index in [1.54, 1.807) is 24.3 Å². The molecule has 2 heterocycles. The van der Waals surface area contributed by atoms with E-state index >= 15 is 0 Å². The Morgan fingerprint density at radius 1 is 1.37 bits per heavy atom. The number of hydrogen-bond donors (Lipinski definition) is 0. The van der Waals surface area contributed by atoms with Crippen LogP contribution in [0.2, 0.25) is 5.02 Å². The lowest BCUT2D eigenvalue weighted by molar-refractivity contribution is -0.142. The van der Waals surface area contributed by atoms with Crippen LogP contribution in [-0.2, 0) is 16.1 Å². The monoisotopic (exact) mass is 425 g/mol. The molecule has 1 aromatic heterocycles. The predicted molar refractivity (Wildman–Crippen MR) is 110 cm³/mol. The van der Waals surface area contributed by atoms with Crippen molar-refractivity contribution in [2.24, 2.45) is 5.92 Å². The number of rotatable bonds is 5. The Morgan fingerprint density at radius 2 is 2.07 bits per heavy atom. The van der Waals surface area contributed by atoms with Gasteiger partial charge in [-0.05, 0) is 43.0 Å². The molecule has 144 valence electrons. The molecule has 0 amide bonds. The minimum atomic E-state index is -0.362. The van der Waals surface area contributed by atoms with Gasteiger partial charge >= 0.3 is 5.97 Å². The number of thioether (sulfide) groups is 1. The summed E-state index contributed by atoms with van der Waals surface area (Å²) in [5.74, 6) is 1.21. The van der Waals surface area contributed by atoms with Crippen LogP contribution < -0.4 is 0 Å². The highest BCUT2D eigenvalue weighted by Crippen LogP contribution is 2.21. The standard InChI is InChI=1S/C18H20ClN3O3S2/c1-12-6-8-22(9-7-12)18(26)27-11-16(23)24-10-15-20-17(21-25-15)13-2-4-14(19)5-3-13/h2-5,12H,6-11H2,1H3. The first-order chi connectivity index (χ1) is 13.0. The fourth-order valence-corrected chi connectivity index (χ4v) is 3.79. The van der Waals surface area contributed by atoms with Gasteiger partial charge in [0, 0.05) is 23.7 Å². The zero-order chi connectivity index (χ0) is 19.2. The molecular formula is C18H20ClN3O3S2. The number of esters is 1. The Morgan fingerprint density at radius 3 is 2.78 bits per heavy atom. The number of ether oxygens (including phenoxy) is 1. The Balaban J connectivity index is 1.41. The molecule has 1 fully saturated rings. The van der Waals surface area contributed by atoms with Crippen molar-refractivity contribution in [1.29, 1.82) is 0 Å². The van der Waals surface area contributed by atoms with E-state index in [-0.39, 0.29) is 24.2 Å². The summed E-state index contributed by atoms with van der Waals surface area (Å²) in [5.41, 5.74) is 0.775. The second-order valence-electron chi connectivity index (χ2n) is 6.40. The molecule has 1 aromatic carbocycles. The summed E-state index contributed by atoms with van der Waals surface area (Å²) in [4.78, 5) is 18.3. The van der Waals surface area contributed by atoms with Crippen molar-refractivity contribution in [1.82, 2.24) is 15.0 Å². The fraction of sp³-hybridized carbons (Fsp3) is 0.444. The molecule has 0 radical (unpaired) electrons. The van der Waals surface area contributed by atoms with Gasteiger partial charge in [0.15, 0.2) is 6.61 Å². The van der Waals surface area contributed by atoms with Crippen molar-refractivity contribution >= 4 is 45.9 Å². The van der Waals surface area contributed by atoms with E-state index in [0.717, 1.165) is 41.7 Å². The first kappa shape index (κ1) is 20.1. The summed E-state index contributed by atoms with van der Waals surface area (Å²) >= 11 is 12.6. The number of benzene rings is 1. The normalized spacial score (nSPS) is 15.0. The molecule has 0 bridgehead atoms. The van der Waals surface area contributed by atoms with Crippen molar-refractivity contribution in [2.45, 2.75) is 26.4 Å². The van der Waals surface area contributed by atoms with Crippen LogP contribution in [0.1, 0.15) is 25.7 Å². The third-order valence-electron chi connectivity index (χ3n) is 4.28. The molecule has 0 saturated carbocycles. The largest absolute Gasteiger partial charge is 0.455 e. The number of carbonyl (C=O) groups excluding carboxylic acids is 1. The molecule has 0 atom stereocenters. The van der Waals surface area contributed by atoms with Gasteiger partial charge in [0.25, 0.3) is 5.89 Å². The molecule has 0 aliphatic carbocycles. The SMILES string of the molecule is CC1CCN(C(=S)SCC(=O)OCc2nc(-c3ccc(Cl)cc3)no2)CC1. The zero-order valence-corrected chi connectivity index (χ0v) is 17.3. The van der Waals surface area contributed by atoms with Crippen LogP contribution in [0.15, 0.2) is 28.8 Å².